The highest BCUT2D eigenvalue weighted by molar-refractivity contribution is 4.55. The summed E-state index contributed by atoms with van der Waals surface area (Å²) in [6, 6.07) is 0. The van der Waals surface area contributed by atoms with Gasteiger partial charge in [-0.25, -0.2) is 5.21 Å². The van der Waals surface area contributed by atoms with E-state index in [-0.39, 0.29) is 10.2 Å². The lowest BCUT2D eigenvalue weighted by molar-refractivity contribution is -1.11. The van der Waals surface area contributed by atoms with Gasteiger partial charge in [0.15, 0.2) is 0 Å². The van der Waals surface area contributed by atoms with E-state index in [4.69, 9.17) is 0 Å². The van der Waals surface area contributed by atoms with Crippen LogP contribution >= 0.6 is 0 Å². The second kappa shape index (κ2) is 1.71. The molecule has 0 unspecified atom stereocenters. The van der Waals surface area contributed by atoms with Gasteiger partial charge in [-0.2, -0.15) is 4.65 Å². The SMILES string of the molecule is CC(C)(C)[N+](C)(C)O. The molecular weight excluding hydrogens is 102 g/mol. The fourth-order valence-electron chi connectivity index (χ4n) is 0. The van der Waals surface area contributed by atoms with Crippen molar-refractivity contribution in [3.8, 4) is 0 Å². The van der Waals surface area contributed by atoms with Gasteiger partial charge in [0.2, 0.25) is 0 Å². The smallest absolute Gasteiger partial charge is 0.120 e. The van der Waals surface area contributed by atoms with Gasteiger partial charge in [0.1, 0.15) is 5.54 Å². The maximum Gasteiger partial charge on any atom is 0.120 e. The second-order valence-corrected chi connectivity index (χ2v) is 3.57. The van der Waals surface area contributed by atoms with Crippen molar-refractivity contribution in [3.05, 3.63) is 0 Å². The summed E-state index contributed by atoms with van der Waals surface area (Å²) in [6.07, 6.45) is 0. The highest BCUT2D eigenvalue weighted by Crippen LogP contribution is 2.14. The van der Waals surface area contributed by atoms with E-state index in [9.17, 15) is 5.21 Å². The van der Waals surface area contributed by atoms with Crippen LogP contribution in [0.5, 0.6) is 0 Å². The third kappa shape index (κ3) is 1.80. The predicted molar refractivity (Wildman–Crippen MR) is 33.6 cm³/mol. The Hall–Kier alpha value is -0.0800. The molecule has 0 heterocycles. The van der Waals surface area contributed by atoms with Crippen molar-refractivity contribution in [1.29, 1.82) is 0 Å². The second-order valence-electron chi connectivity index (χ2n) is 3.57. The van der Waals surface area contributed by atoms with E-state index in [1.54, 1.807) is 14.1 Å². The van der Waals surface area contributed by atoms with Gasteiger partial charge in [0.05, 0.1) is 14.1 Å². The zero-order valence-electron chi connectivity index (χ0n) is 6.39. The van der Waals surface area contributed by atoms with Gasteiger partial charge in [0.25, 0.3) is 0 Å². The lowest BCUT2D eigenvalue weighted by Crippen LogP contribution is -2.51. The first kappa shape index (κ1) is 7.92. The van der Waals surface area contributed by atoms with Crippen molar-refractivity contribution >= 4 is 0 Å². The average Bonchev–Trinajstić information content (AvgIpc) is 1.25. The molecule has 0 aromatic carbocycles. The maximum atomic E-state index is 9.29. The van der Waals surface area contributed by atoms with Gasteiger partial charge in [0, 0.05) is 0 Å². The molecule has 0 radical (unpaired) electrons. The molecule has 1 N–H and O–H groups in total. The van der Waals surface area contributed by atoms with Crippen molar-refractivity contribution in [1.82, 2.24) is 0 Å². The van der Waals surface area contributed by atoms with E-state index in [0.717, 1.165) is 0 Å². The quantitative estimate of drug-likeness (QED) is 0.375. The van der Waals surface area contributed by atoms with E-state index in [1.807, 2.05) is 20.8 Å². The molecule has 8 heavy (non-hydrogen) atoms. The Kier molecular flexibility index (Phi) is 1.69. The molecule has 0 aromatic rings. The lowest BCUT2D eigenvalue weighted by atomic mass is 10.1. The predicted octanol–water partition coefficient (Wildman–Crippen LogP) is 1.25. The Labute approximate surface area is 51.3 Å². The summed E-state index contributed by atoms with van der Waals surface area (Å²) in [4.78, 5) is 0. The molecule has 0 aliphatic heterocycles. The number of hydrogen-bond donors (Lipinski definition) is 1. The third-order valence-corrected chi connectivity index (χ3v) is 1.64. The molecule has 0 saturated heterocycles. The summed E-state index contributed by atoms with van der Waals surface area (Å²) in [5, 5.41) is 9.29. The van der Waals surface area contributed by atoms with Crippen LogP contribution in [0.25, 0.3) is 0 Å². The third-order valence-electron chi connectivity index (χ3n) is 1.64. The summed E-state index contributed by atoms with van der Waals surface area (Å²) < 4.78 is 0.0208. The molecule has 0 aromatic heterocycles. The Balaban J connectivity index is 4.02. The fraction of sp³-hybridized carbons (Fsp3) is 1.00. The van der Waals surface area contributed by atoms with Crippen LogP contribution < -0.4 is 0 Å². The van der Waals surface area contributed by atoms with Crippen molar-refractivity contribution in [2.45, 2.75) is 26.3 Å². The minimum Gasteiger partial charge on any atom is -0.217 e. The van der Waals surface area contributed by atoms with E-state index in [1.165, 1.54) is 0 Å². The summed E-state index contributed by atoms with van der Waals surface area (Å²) in [5.74, 6) is 0. The maximum absolute atomic E-state index is 9.29. The molecular formula is C6H16NO+. The Bertz CT molecular complexity index is 63.5. The fourth-order valence-corrected chi connectivity index (χ4v) is 0. The topological polar surface area (TPSA) is 20.2 Å². The first-order chi connectivity index (χ1) is 3.25. The molecule has 0 bridgehead atoms. The minimum atomic E-state index is -0.0694. The molecule has 0 amide bonds. The molecule has 2 nitrogen and oxygen atoms in total. The standard InChI is InChI=1S/C6H16NO/c1-6(2,3)7(4,5)8/h8H,1-5H3/q+1. The molecule has 2 heteroatoms. The van der Waals surface area contributed by atoms with Gasteiger partial charge in [-0.1, -0.05) is 0 Å². The molecule has 0 aliphatic rings. The number of nitrogens with zero attached hydrogens (tertiary/aromatic N) is 1. The molecule has 50 valence electrons. The number of rotatable bonds is 0. The first-order valence-electron chi connectivity index (χ1n) is 2.82. The van der Waals surface area contributed by atoms with Crippen molar-refractivity contribution < 1.29 is 9.85 Å². The van der Waals surface area contributed by atoms with Crippen LogP contribution in [0, 0.1) is 0 Å². The van der Waals surface area contributed by atoms with Crippen LogP contribution in [-0.2, 0) is 0 Å². The Morgan fingerprint density at radius 1 is 1.12 bits per heavy atom. The van der Waals surface area contributed by atoms with Crippen LogP contribution in [0.3, 0.4) is 0 Å². The van der Waals surface area contributed by atoms with Gasteiger partial charge >= 0.3 is 0 Å². The van der Waals surface area contributed by atoms with Crippen LogP contribution in [0.2, 0.25) is 0 Å². The van der Waals surface area contributed by atoms with Crippen LogP contribution in [-0.4, -0.2) is 29.5 Å². The Morgan fingerprint density at radius 2 is 1.25 bits per heavy atom. The molecule has 0 aliphatic carbocycles. The summed E-state index contributed by atoms with van der Waals surface area (Å²) in [6.45, 7) is 5.98. The van der Waals surface area contributed by atoms with E-state index < -0.39 is 0 Å². The van der Waals surface area contributed by atoms with Gasteiger partial charge < -0.3 is 0 Å². The normalized spacial score (nSPS) is 14.2. The number of quaternary nitrogens is 1. The molecule has 0 saturated carbocycles. The van der Waals surface area contributed by atoms with Gasteiger partial charge in [-0.3, -0.25) is 0 Å². The van der Waals surface area contributed by atoms with Crippen LogP contribution in [0.1, 0.15) is 20.8 Å². The lowest BCUT2D eigenvalue weighted by Gasteiger charge is -2.33. The summed E-state index contributed by atoms with van der Waals surface area (Å²) in [5.41, 5.74) is -0.0694. The van der Waals surface area contributed by atoms with Crippen molar-refractivity contribution in [3.63, 3.8) is 0 Å². The number of hydrogen-bond acceptors (Lipinski definition) is 1. The van der Waals surface area contributed by atoms with Crippen molar-refractivity contribution in [2.24, 2.45) is 0 Å². The molecule has 0 fully saturated rings. The highest BCUT2D eigenvalue weighted by Gasteiger charge is 2.29. The van der Waals surface area contributed by atoms with E-state index in [2.05, 4.69) is 0 Å². The van der Waals surface area contributed by atoms with Crippen LogP contribution in [0.4, 0.5) is 0 Å². The molecule has 0 atom stereocenters. The van der Waals surface area contributed by atoms with Gasteiger partial charge in [-0.05, 0) is 20.8 Å². The minimum absolute atomic E-state index is 0.0208. The average molecular weight is 118 g/mol. The molecule has 0 spiro atoms. The zero-order chi connectivity index (χ0) is 7.00. The zero-order valence-corrected chi connectivity index (χ0v) is 6.39. The largest absolute Gasteiger partial charge is 0.217 e. The first-order valence-corrected chi connectivity index (χ1v) is 2.82. The van der Waals surface area contributed by atoms with Crippen molar-refractivity contribution in [2.75, 3.05) is 14.1 Å². The van der Waals surface area contributed by atoms with Crippen LogP contribution in [0.15, 0.2) is 0 Å². The summed E-state index contributed by atoms with van der Waals surface area (Å²) >= 11 is 0. The Morgan fingerprint density at radius 3 is 1.25 bits per heavy atom. The highest BCUT2D eigenvalue weighted by atomic mass is 16.5. The molecule has 0 rings (SSSR count). The van der Waals surface area contributed by atoms with E-state index in [0.29, 0.717) is 0 Å². The van der Waals surface area contributed by atoms with Gasteiger partial charge in [-0.15, -0.1) is 0 Å². The monoisotopic (exact) mass is 118 g/mol. The summed E-state index contributed by atoms with van der Waals surface area (Å²) in [7, 11) is 3.53. The van der Waals surface area contributed by atoms with E-state index >= 15 is 0 Å². The number of hydroxylamine groups is 3.